The quantitative estimate of drug-likeness (QED) is 0.447. The van der Waals surface area contributed by atoms with E-state index < -0.39 is 0 Å². The smallest absolute Gasteiger partial charge is 0.258 e. The number of rotatable bonds is 3. The summed E-state index contributed by atoms with van der Waals surface area (Å²) in [5.74, 6) is -0.266. The lowest BCUT2D eigenvalue weighted by molar-refractivity contribution is 0.102. The third kappa shape index (κ3) is 3.44. The number of halogens is 2. The molecule has 0 unspecified atom stereocenters. The first kappa shape index (κ1) is 15.1. The second-order valence-corrected chi connectivity index (χ2v) is 6.43. The van der Waals surface area contributed by atoms with E-state index >= 15 is 0 Å². The number of hydrogen-bond donors (Lipinski definition) is 2. The highest BCUT2D eigenvalue weighted by atomic mass is 79.9. The van der Waals surface area contributed by atoms with Gasteiger partial charge in [-0.1, -0.05) is 21.1 Å². The summed E-state index contributed by atoms with van der Waals surface area (Å²) in [6, 6.07) is 5.34. The lowest BCUT2D eigenvalue weighted by Crippen LogP contribution is -2.12. The van der Waals surface area contributed by atoms with E-state index in [1.165, 1.54) is 11.3 Å². The molecule has 0 saturated carbocycles. The summed E-state index contributed by atoms with van der Waals surface area (Å²) < 4.78 is 1.51. The summed E-state index contributed by atoms with van der Waals surface area (Å²) in [4.78, 5) is 16.3. The molecule has 0 aliphatic carbocycles. The van der Waals surface area contributed by atoms with Crippen LogP contribution in [0.4, 0.5) is 5.13 Å². The van der Waals surface area contributed by atoms with Gasteiger partial charge in [0.25, 0.3) is 5.91 Å². The molecule has 0 bridgehead atoms. The Morgan fingerprint density at radius 3 is 2.90 bits per heavy atom. The molecular formula is C12H9Br2N3O2S. The number of nitrogens with zero attached hydrogens (tertiary/aromatic N) is 2. The van der Waals surface area contributed by atoms with Crippen molar-refractivity contribution < 1.29 is 10.0 Å². The van der Waals surface area contributed by atoms with Gasteiger partial charge >= 0.3 is 0 Å². The first-order chi connectivity index (χ1) is 9.51. The van der Waals surface area contributed by atoms with Crippen LogP contribution >= 0.6 is 43.2 Å². The van der Waals surface area contributed by atoms with Crippen molar-refractivity contribution in [3.8, 4) is 0 Å². The maximum Gasteiger partial charge on any atom is 0.258 e. The Morgan fingerprint density at radius 1 is 1.45 bits per heavy atom. The highest BCUT2D eigenvalue weighted by Crippen LogP contribution is 2.23. The molecule has 2 aromatic rings. The summed E-state index contributed by atoms with van der Waals surface area (Å²) in [6.45, 7) is 1.63. The fraction of sp³-hybridized carbons (Fsp3) is 0.0833. The van der Waals surface area contributed by atoms with Crippen LogP contribution in [0.1, 0.15) is 23.0 Å². The molecule has 20 heavy (non-hydrogen) atoms. The third-order valence-electron chi connectivity index (χ3n) is 2.42. The van der Waals surface area contributed by atoms with Crippen LogP contribution < -0.4 is 5.32 Å². The van der Waals surface area contributed by atoms with Gasteiger partial charge in [0.2, 0.25) is 0 Å². The largest absolute Gasteiger partial charge is 0.411 e. The summed E-state index contributed by atoms with van der Waals surface area (Å²) in [7, 11) is 0. The van der Waals surface area contributed by atoms with Gasteiger partial charge in [0, 0.05) is 14.3 Å². The van der Waals surface area contributed by atoms with Gasteiger partial charge in [-0.25, -0.2) is 4.98 Å². The molecule has 2 rings (SSSR count). The number of thiazole rings is 1. The van der Waals surface area contributed by atoms with E-state index in [1.807, 2.05) is 6.07 Å². The van der Waals surface area contributed by atoms with Crippen molar-refractivity contribution >= 4 is 59.9 Å². The highest BCUT2D eigenvalue weighted by molar-refractivity contribution is 9.11. The van der Waals surface area contributed by atoms with Crippen molar-refractivity contribution in [3.63, 3.8) is 0 Å². The predicted octanol–water partition coefficient (Wildman–Crippen LogP) is 4.12. The van der Waals surface area contributed by atoms with E-state index in [0.29, 0.717) is 26.6 Å². The van der Waals surface area contributed by atoms with Crippen molar-refractivity contribution in [2.24, 2.45) is 5.16 Å². The van der Waals surface area contributed by atoms with Crippen LogP contribution in [0.2, 0.25) is 0 Å². The topological polar surface area (TPSA) is 74.6 Å². The zero-order chi connectivity index (χ0) is 14.7. The van der Waals surface area contributed by atoms with Crippen LogP contribution in [0.15, 0.2) is 37.7 Å². The van der Waals surface area contributed by atoms with Gasteiger partial charge < -0.3 is 5.21 Å². The van der Waals surface area contributed by atoms with E-state index in [9.17, 15) is 4.79 Å². The minimum absolute atomic E-state index is 0.266. The molecule has 1 aromatic heterocycles. The first-order valence-corrected chi connectivity index (χ1v) is 7.89. The first-order valence-electron chi connectivity index (χ1n) is 5.42. The van der Waals surface area contributed by atoms with Crippen molar-refractivity contribution in [1.29, 1.82) is 0 Å². The molecule has 0 atom stereocenters. The third-order valence-corrected chi connectivity index (χ3v) is 4.36. The molecule has 0 radical (unpaired) electrons. The molecule has 0 aliphatic rings. The average molecular weight is 419 g/mol. The average Bonchev–Trinajstić information content (AvgIpc) is 2.89. The van der Waals surface area contributed by atoms with Crippen molar-refractivity contribution in [1.82, 2.24) is 4.98 Å². The van der Waals surface area contributed by atoms with Crippen LogP contribution in [0.3, 0.4) is 0 Å². The van der Waals surface area contributed by atoms with Crippen LogP contribution in [0.25, 0.3) is 0 Å². The van der Waals surface area contributed by atoms with Crippen LogP contribution in [-0.2, 0) is 0 Å². The van der Waals surface area contributed by atoms with Crippen LogP contribution in [0.5, 0.6) is 0 Å². The number of carbonyl (C=O) groups excluding carboxylic acids is 1. The molecule has 2 N–H and O–H groups in total. The molecule has 0 aliphatic heterocycles. The van der Waals surface area contributed by atoms with Gasteiger partial charge in [-0.15, -0.1) is 11.3 Å². The van der Waals surface area contributed by atoms with E-state index in [0.717, 1.165) is 4.47 Å². The summed E-state index contributed by atoms with van der Waals surface area (Å²) in [6.07, 6.45) is 0. The summed E-state index contributed by atoms with van der Waals surface area (Å²) >= 11 is 7.92. The van der Waals surface area contributed by atoms with Crippen molar-refractivity contribution in [3.05, 3.63) is 43.8 Å². The number of amides is 1. The lowest BCUT2D eigenvalue weighted by atomic mass is 10.2. The van der Waals surface area contributed by atoms with E-state index in [2.05, 4.69) is 47.3 Å². The normalized spacial score (nSPS) is 11.4. The maximum absolute atomic E-state index is 12.2. The molecule has 0 saturated heterocycles. The number of hydrogen-bond acceptors (Lipinski definition) is 5. The highest BCUT2D eigenvalue weighted by Gasteiger charge is 2.13. The van der Waals surface area contributed by atoms with Crippen LogP contribution in [-0.4, -0.2) is 21.8 Å². The lowest BCUT2D eigenvalue weighted by Gasteiger charge is -2.04. The van der Waals surface area contributed by atoms with Crippen molar-refractivity contribution in [2.45, 2.75) is 6.92 Å². The molecule has 5 nitrogen and oxygen atoms in total. The number of anilines is 1. The Hall–Kier alpha value is -1.25. The number of benzene rings is 1. The standard InChI is InChI=1S/C12H9Br2N3O2S/c1-6(17-19)10-5-20-12(15-10)16-11(18)8-4-7(13)2-3-9(8)14/h2-5,19H,1H3,(H,15,16,18)/b17-6-. The van der Waals surface area contributed by atoms with Crippen molar-refractivity contribution in [2.75, 3.05) is 5.32 Å². The Kier molecular flexibility index (Phi) is 4.90. The van der Waals surface area contributed by atoms with Gasteiger partial charge in [0.1, 0.15) is 11.4 Å². The second-order valence-electron chi connectivity index (χ2n) is 3.80. The molecule has 1 heterocycles. The van der Waals surface area contributed by atoms with E-state index in [1.54, 1.807) is 24.4 Å². The zero-order valence-corrected chi connectivity index (χ0v) is 14.2. The molecule has 0 spiro atoms. The molecule has 1 amide bonds. The van der Waals surface area contributed by atoms with Gasteiger partial charge in [-0.2, -0.15) is 0 Å². The van der Waals surface area contributed by atoms with Crippen LogP contribution in [0, 0.1) is 0 Å². The van der Waals surface area contributed by atoms with Gasteiger partial charge in [0.05, 0.1) is 5.56 Å². The number of aromatic nitrogens is 1. The fourth-order valence-corrected chi connectivity index (χ4v) is 2.92. The summed E-state index contributed by atoms with van der Waals surface area (Å²) in [5, 5.41) is 16.6. The maximum atomic E-state index is 12.2. The summed E-state index contributed by atoms with van der Waals surface area (Å²) in [5.41, 5.74) is 1.43. The molecule has 104 valence electrons. The van der Waals surface area contributed by atoms with E-state index in [4.69, 9.17) is 5.21 Å². The fourth-order valence-electron chi connectivity index (χ4n) is 1.38. The molecule has 1 aromatic carbocycles. The van der Waals surface area contributed by atoms with Gasteiger partial charge in [-0.3, -0.25) is 10.1 Å². The van der Waals surface area contributed by atoms with Gasteiger partial charge in [0.15, 0.2) is 5.13 Å². The number of oxime groups is 1. The Balaban J connectivity index is 2.19. The Bertz CT molecular complexity index is 685. The minimum Gasteiger partial charge on any atom is -0.411 e. The molecule has 0 fully saturated rings. The van der Waals surface area contributed by atoms with Gasteiger partial charge in [-0.05, 0) is 41.1 Å². The van der Waals surface area contributed by atoms with E-state index in [-0.39, 0.29) is 5.91 Å². The predicted molar refractivity (Wildman–Crippen MR) is 85.9 cm³/mol. The SMILES string of the molecule is C/C(=N/O)c1csc(NC(=O)c2cc(Br)ccc2Br)n1. The monoisotopic (exact) mass is 417 g/mol. The minimum atomic E-state index is -0.266. The zero-order valence-electron chi connectivity index (χ0n) is 10.2. The molecular weight excluding hydrogens is 410 g/mol. The Labute approximate surface area is 136 Å². The number of nitrogens with one attached hydrogen (secondary N) is 1. The Morgan fingerprint density at radius 2 is 2.20 bits per heavy atom. The number of carbonyl (C=O) groups is 1. The molecule has 8 heteroatoms. The second kappa shape index (κ2) is 6.47.